The van der Waals surface area contributed by atoms with E-state index in [1.165, 1.54) is 0 Å². The number of nitrogens with zero attached hydrogens (tertiary/aromatic N) is 1. The molecule has 1 saturated heterocycles. The third-order valence-corrected chi connectivity index (χ3v) is 2.85. The normalized spacial score (nSPS) is 26.3. The molecule has 1 aliphatic heterocycles. The zero-order valence-corrected chi connectivity index (χ0v) is 6.44. The molecule has 1 amide bonds. The van der Waals surface area contributed by atoms with Crippen LogP contribution in [-0.4, -0.2) is 38.2 Å². The standard InChI is InChI=1S/C4H8NO5P/c6-4-3(11(8,9)10)1-2-5(4)7/h3,7H,1-2H2,(H2,8,9,10)/t3-/m0/s1. The Kier molecular flexibility index (Phi) is 2.02. The summed E-state index contributed by atoms with van der Waals surface area (Å²) in [6.45, 7) is -0.00535. The Morgan fingerprint density at radius 3 is 2.27 bits per heavy atom. The van der Waals surface area contributed by atoms with Gasteiger partial charge in [-0.25, -0.2) is 5.06 Å². The monoisotopic (exact) mass is 181 g/mol. The van der Waals surface area contributed by atoms with Crippen molar-refractivity contribution in [1.29, 1.82) is 0 Å². The minimum absolute atomic E-state index is 0.00535. The summed E-state index contributed by atoms with van der Waals surface area (Å²) in [5, 5.41) is 9.01. The van der Waals surface area contributed by atoms with Gasteiger partial charge in [0.15, 0.2) is 0 Å². The van der Waals surface area contributed by atoms with Crippen LogP contribution in [0.4, 0.5) is 0 Å². The van der Waals surface area contributed by atoms with Crippen molar-refractivity contribution in [3.8, 4) is 0 Å². The van der Waals surface area contributed by atoms with Gasteiger partial charge in [0.05, 0.1) is 0 Å². The molecule has 0 radical (unpaired) electrons. The SMILES string of the molecule is O=C1[C@@H](P(=O)(O)O)CCN1O. The highest BCUT2D eigenvalue weighted by atomic mass is 31.2. The van der Waals surface area contributed by atoms with E-state index < -0.39 is 19.2 Å². The molecule has 64 valence electrons. The van der Waals surface area contributed by atoms with Gasteiger partial charge in [-0.2, -0.15) is 0 Å². The van der Waals surface area contributed by atoms with Gasteiger partial charge in [-0.3, -0.25) is 14.6 Å². The fourth-order valence-corrected chi connectivity index (χ4v) is 1.84. The zero-order valence-electron chi connectivity index (χ0n) is 5.54. The van der Waals surface area contributed by atoms with Gasteiger partial charge >= 0.3 is 7.60 Å². The van der Waals surface area contributed by atoms with E-state index in [4.69, 9.17) is 15.0 Å². The van der Waals surface area contributed by atoms with Gasteiger partial charge in [0.25, 0.3) is 5.91 Å². The molecule has 0 saturated carbocycles. The molecular formula is C4H8NO5P. The second-order valence-corrected chi connectivity index (χ2v) is 4.16. The molecule has 1 atom stereocenters. The van der Waals surface area contributed by atoms with Crippen LogP contribution < -0.4 is 0 Å². The van der Waals surface area contributed by atoms with Gasteiger partial charge < -0.3 is 9.79 Å². The predicted octanol–water partition coefficient (Wildman–Crippen LogP) is -0.846. The summed E-state index contributed by atoms with van der Waals surface area (Å²) in [6, 6.07) is 0. The van der Waals surface area contributed by atoms with Gasteiger partial charge in [0.1, 0.15) is 5.66 Å². The van der Waals surface area contributed by atoms with E-state index in [0.717, 1.165) is 0 Å². The minimum Gasteiger partial charge on any atom is -0.324 e. The maximum Gasteiger partial charge on any atom is 0.338 e. The Hall–Kier alpha value is -0.420. The topological polar surface area (TPSA) is 98.1 Å². The van der Waals surface area contributed by atoms with E-state index in [-0.39, 0.29) is 13.0 Å². The van der Waals surface area contributed by atoms with Crippen molar-refractivity contribution in [3.05, 3.63) is 0 Å². The van der Waals surface area contributed by atoms with E-state index in [9.17, 15) is 9.36 Å². The molecule has 0 aromatic carbocycles. The van der Waals surface area contributed by atoms with E-state index in [1.807, 2.05) is 0 Å². The molecule has 1 aliphatic rings. The van der Waals surface area contributed by atoms with Crippen molar-refractivity contribution in [2.24, 2.45) is 0 Å². The van der Waals surface area contributed by atoms with Gasteiger partial charge in [-0.05, 0) is 6.42 Å². The maximum absolute atomic E-state index is 10.7. The van der Waals surface area contributed by atoms with Crippen molar-refractivity contribution in [2.75, 3.05) is 6.54 Å². The molecule has 6 nitrogen and oxygen atoms in total. The van der Waals surface area contributed by atoms with Crippen molar-refractivity contribution < 1.29 is 24.4 Å². The lowest BCUT2D eigenvalue weighted by Crippen LogP contribution is -2.26. The summed E-state index contributed by atoms with van der Waals surface area (Å²) >= 11 is 0. The molecule has 0 aromatic rings. The van der Waals surface area contributed by atoms with Crippen LogP contribution in [0.5, 0.6) is 0 Å². The van der Waals surface area contributed by atoms with Crippen LogP contribution >= 0.6 is 7.60 Å². The number of hydroxylamine groups is 2. The van der Waals surface area contributed by atoms with E-state index in [1.54, 1.807) is 0 Å². The maximum atomic E-state index is 10.7. The quantitative estimate of drug-likeness (QED) is 0.361. The second-order valence-electron chi connectivity index (χ2n) is 2.35. The van der Waals surface area contributed by atoms with Crippen LogP contribution in [0.3, 0.4) is 0 Å². The van der Waals surface area contributed by atoms with Crippen LogP contribution in [0, 0.1) is 0 Å². The summed E-state index contributed by atoms with van der Waals surface area (Å²) < 4.78 is 10.5. The average molecular weight is 181 g/mol. The molecule has 0 aromatic heterocycles. The van der Waals surface area contributed by atoms with E-state index in [0.29, 0.717) is 5.06 Å². The highest BCUT2D eigenvalue weighted by molar-refractivity contribution is 7.53. The Morgan fingerprint density at radius 2 is 2.09 bits per heavy atom. The van der Waals surface area contributed by atoms with Gasteiger partial charge in [0.2, 0.25) is 0 Å². The van der Waals surface area contributed by atoms with Gasteiger partial charge in [-0.1, -0.05) is 0 Å². The van der Waals surface area contributed by atoms with Crippen molar-refractivity contribution in [3.63, 3.8) is 0 Å². The van der Waals surface area contributed by atoms with Gasteiger partial charge in [0, 0.05) is 6.54 Å². The Bertz CT molecular complexity index is 223. The first-order valence-corrected chi connectivity index (χ1v) is 4.66. The van der Waals surface area contributed by atoms with Crippen molar-refractivity contribution in [2.45, 2.75) is 12.1 Å². The van der Waals surface area contributed by atoms with Crippen molar-refractivity contribution >= 4 is 13.5 Å². The van der Waals surface area contributed by atoms with Crippen molar-refractivity contribution in [1.82, 2.24) is 5.06 Å². The number of carbonyl (C=O) groups is 1. The lowest BCUT2D eigenvalue weighted by molar-refractivity contribution is -0.157. The molecule has 7 heteroatoms. The minimum atomic E-state index is -4.36. The summed E-state index contributed by atoms with van der Waals surface area (Å²) in [5.41, 5.74) is -1.34. The predicted molar refractivity (Wildman–Crippen MR) is 33.9 cm³/mol. The Labute approximate surface area is 62.5 Å². The molecule has 1 heterocycles. The number of amides is 1. The molecule has 3 N–H and O–H groups in total. The van der Waals surface area contributed by atoms with Crippen LogP contribution in [-0.2, 0) is 9.36 Å². The summed E-state index contributed by atoms with van der Waals surface area (Å²) in [4.78, 5) is 27.9. The van der Waals surface area contributed by atoms with Crippen LogP contribution in [0.1, 0.15) is 6.42 Å². The largest absolute Gasteiger partial charge is 0.338 e. The van der Waals surface area contributed by atoms with E-state index >= 15 is 0 Å². The highest BCUT2D eigenvalue weighted by Gasteiger charge is 2.42. The highest BCUT2D eigenvalue weighted by Crippen LogP contribution is 2.45. The fourth-order valence-electron chi connectivity index (χ4n) is 0.962. The molecule has 1 fully saturated rings. The number of hydrogen-bond donors (Lipinski definition) is 3. The van der Waals surface area contributed by atoms with Gasteiger partial charge in [-0.15, -0.1) is 0 Å². The molecule has 0 spiro atoms. The summed E-state index contributed by atoms with van der Waals surface area (Å²) in [6.07, 6.45) is 0.0135. The molecule has 1 rings (SSSR count). The number of rotatable bonds is 1. The number of hydrogen-bond acceptors (Lipinski definition) is 3. The lowest BCUT2D eigenvalue weighted by Gasteiger charge is -2.09. The molecular weight excluding hydrogens is 173 g/mol. The zero-order chi connectivity index (χ0) is 8.65. The Balaban J connectivity index is 2.78. The fraction of sp³-hybridized carbons (Fsp3) is 0.750. The number of carbonyl (C=O) groups excluding carboxylic acids is 1. The molecule has 0 aliphatic carbocycles. The Morgan fingerprint density at radius 1 is 1.55 bits per heavy atom. The third-order valence-electron chi connectivity index (χ3n) is 1.56. The smallest absolute Gasteiger partial charge is 0.324 e. The summed E-state index contributed by atoms with van der Waals surface area (Å²) in [7, 11) is -4.36. The van der Waals surface area contributed by atoms with Crippen LogP contribution in [0.2, 0.25) is 0 Å². The first-order chi connectivity index (χ1) is 4.93. The second kappa shape index (κ2) is 2.57. The first kappa shape index (κ1) is 8.67. The third kappa shape index (κ3) is 1.59. The van der Waals surface area contributed by atoms with Crippen LogP contribution in [0.15, 0.2) is 0 Å². The van der Waals surface area contributed by atoms with E-state index in [2.05, 4.69) is 0 Å². The molecule has 0 unspecified atom stereocenters. The van der Waals surface area contributed by atoms with Crippen LogP contribution in [0.25, 0.3) is 0 Å². The average Bonchev–Trinajstić information content (AvgIpc) is 2.11. The lowest BCUT2D eigenvalue weighted by atomic mass is 10.4. The molecule has 11 heavy (non-hydrogen) atoms. The first-order valence-electron chi connectivity index (χ1n) is 2.98. The molecule has 0 bridgehead atoms. The summed E-state index contributed by atoms with van der Waals surface area (Å²) in [5.74, 6) is -0.890.